The van der Waals surface area contributed by atoms with Crippen LogP contribution in [0.15, 0.2) is 12.1 Å². The smallest absolute Gasteiger partial charge is 0.142 e. The molecule has 0 amide bonds. The van der Waals surface area contributed by atoms with Crippen molar-refractivity contribution in [2.45, 2.75) is 32.2 Å². The van der Waals surface area contributed by atoms with E-state index in [1.54, 1.807) is 6.07 Å². The molecule has 0 spiro atoms. The molecule has 0 aliphatic carbocycles. The molecule has 1 aliphatic rings. The number of benzene rings is 1. The standard InChI is InChI=1S/C15H21Cl2NO2/c1-2-6-19-7-3-5-18-14-4-8-20-15-12(14)9-11(16)10-13(15)17/h9-10,14,18H,2-8H2,1H3. The molecule has 0 fully saturated rings. The van der Waals surface area contributed by atoms with E-state index < -0.39 is 0 Å². The predicted octanol–water partition coefficient (Wildman–Crippen LogP) is 4.22. The van der Waals surface area contributed by atoms with Crippen molar-refractivity contribution in [1.82, 2.24) is 5.32 Å². The van der Waals surface area contributed by atoms with Crippen molar-refractivity contribution in [3.05, 3.63) is 27.7 Å². The number of hydrogen-bond acceptors (Lipinski definition) is 3. The second-order valence-electron chi connectivity index (χ2n) is 4.92. The van der Waals surface area contributed by atoms with Crippen molar-refractivity contribution >= 4 is 23.2 Å². The number of ether oxygens (including phenoxy) is 2. The number of hydrogen-bond donors (Lipinski definition) is 1. The normalized spacial score (nSPS) is 17.6. The van der Waals surface area contributed by atoms with Gasteiger partial charge in [0, 0.05) is 36.3 Å². The minimum absolute atomic E-state index is 0.251. The van der Waals surface area contributed by atoms with Crippen molar-refractivity contribution < 1.29 is 9.47 Å². The van der Waals surface area contributed by atoms with Crippen LogP contribution in [0.1, 0.15) is 37.8 Å². The molecule has 0 saturated carbocycles. The van der Waals surface area contributed by atoms with E-state index in [4.69, 9.17) is 32.7 Å². The van der Waals surface area contributed by atoms with E-state index in [1.807, 2.05) is 6.07 Å². The van der Waals surface area contributed by atoms with Crippen LogP contribution in [0.4, 0.5) is 0 Å². The molecule has 1 N–H and O–H groups in total. The summed E-state index contributed by atoms with van der Waals surface area (Å²) in [6.07, 6.45) is 3.00. The Bertz CT molecular complexity index is 440. The van der Waals surface area contributed by atoms with E-state index in [0.29, 0.717) is 16.7 Å². The maximum absolute atomic E-state index is 6.17. The molecule has 20 heavy (non-hydrogen) atoms. The fraction of sp³-hybridized carbons (Fsp3) is 0.600. The van der Waals surface area contributed by atoms with Gasteiger partial charge in [-0.25, -0.2) is 0 Å². The quantitative estimate of drug-likeness (QED) is 0.764. The summed E-state index contributed by atoms with van der Waals surface area (Å²) in [6, 6.07) is 3.91. The van der Waals surface area contributed by atoms with E-state index in [-0.39, 0.29) is 6.04 Å². The third kappa shape index (κ3) is 4.26. The van der Waals surface area contributed by atoms with Crippen molar-refractivity contribution in [2.75, 3.05) is 26.4 Å². The van der Waals surface area contributed by atoms with Gasteiger partial charge in [-0.05, 0) is 31.5 Å². The molecular weight excluding hydrogens is 297 g/mol. The largest absolute Gasteiger partial charge is 0.492 e. The maximum atomic E-state index is 6.17. The van der Waals surface area contributed by atoms with Crippen LogP contribution < -0.4 is 10.1 Å². The summed E-state index contributed by atoms with van der Waals surface area (Å²) in [6.45, 7) is 5.35. The molecule has 5 heteroatoms. The highest BCUT2D eigenvalue weighted by Crippen LogP contribution is 2.39. The lowest BCUT2D eigenvalue weighted by molar-refractivity contribution is 0.131. The average Bonchev–Trinajstić information content (AvgIpc) is 2.43. The number of nitrogens with one attached hydrogen (secondary N) is 1. The van der Waals surface area contributed by atoms with Gasteiger partial charge in [-0.3, -0.25) is 0 Å². The first-order valence-electron chi connectivity index (χ1n) is 7.15. The summed E-state index contributed by atoms with van der Waals surface area (Å²) < 4.78 is 11.1. The van der Waals surface area contributed by atoms with Gasteiger partial charge in [-0.1, -0.05) is 30.1 Å². The lowest BCUT2D eigenvalue weighted by Crippen LogP contribution is -2.28. The second kappa shape index (κ2) is 8.08. The molecule has 2 rings (SSSR count). The predicted molar refractivity (Wildman–Crippen MR) is 83.0 cm³/mol. The van der Waals surface area contributed by atoms with Crippen molar-refractivity contribution in [3.63, 3.8) is 0 Å². The Morgan fingerprint density at radius 2 is 2.20 bits per heavy atom. The Balaban J connectivity index is 1.88. The van der Waals surface area contributed by atoms with Crippen LogP contribution >= 0.6 is 23.2 Å². The molecule has 3 nitrogen and oxygen atoms in total. The summed E-state index contributed by atoms with van der Waals surface area (Å²) in [7, 11) is 0. The molecule has 1 aromatic carbocycles. The molecule has 1 unspecified atom stereocenters. The van der Waals surface area contributed by atoms with Gasteiger partial charge in [-0.2, -0.15) is 0 Å². The van der Waals surface area contributed by atoms with Gasteiger partial charge in [0.15, 0.2) is 0 Å². The molecule has 0 radical (unpaired) electrons. The summed E-state index contributed by atoms with van der Waals surface area (Å²) in [4.78, 5) is 0. The van der Waals surface area contributed by atoms with Gasteiger partial charge in [0.2, 0.25) is 0 Å². The molecule has 112 valence electrons. The zero-order valence-electron chi connectivity index (χ0n) is 11.8. The molecule has 1 heterocycles. The topological polar surface area (TPSA) is 30.5 Å². The van der Waals surface area contributed by atoms with Crippen molar-refractivity contribution in [3.8, 4) is 5.75 Å². The lowest BCUT2D eigenvalue weighted by atomic mass is 10.0. The van der Waals surface area contributed by atoms with Crippen molar-refractivity contribution in [2.24, 2.45) is 0 Å². The highest BCUT2D eigenvalue weighted by molar-refractivity contribution is 6.35. The molecule has 0 bridgehead atoms. The van der Waals surface area contributed by atoms with E-state index in [9.17, 15) is 0 Å². The number of fused-ring (bicyclic) bond motifs is 1. The Hall–Kier alpha value is -0.480. The first-order valence-corrected chi connectivity index (χ1v) is 7.91. The lowest BCUT2D eigenvalue weighted by Gasteiger charge is -2.27. The minimum atomic E-state index is 0.251. The highest BCUT2D eigenvalue weighted by Gasteiger charge is 2.23. The van der Waals surface area contributed by atoms with Gasteiger partial charge in [0.05, 0.1) is 11.6 Å². The van der Waals surface area contributed by atoms with E-state index in [1.165, 1.54) is 0 Å². The SMILES string of the molecule is CCCOCCCNC1CCOc2c(Cl)cc(Cl)cc21. The van der Waals surface area contributed by atoms with Gasteiger partial charge >= 0.3 is 0 Å². The number of halogens is 2. The van der Waals surface area contributed by atoms with Crippen LogP contribution in [-0.4, -0.2) is 26.4 Å². The van der Waals surface area contributed by atoms with Gasteiger partial charge in [0.25, 0.3) is 0 Å². The summed E-state index contributed by atoms with van der Waals surface area (Å²) in [5, 5.41) is 4.77. The second-order valence-corrected chi connectivity index (χ2v) is 5.76. The Kier molecular flexibility index (Phi) is 6.43. The Morgan fingerprint density at radius 1 is 1.35 bits per heavy atom. The fourth-order valence-corrected chi connectivity index (χ4v) is 2.90. The monoisotopic (exact) mass is 317 g/mol. The van der Waals surface area contributed by atoms with Crippen LogP contribution in [0, 0.1) is 0 Å². The molecule has 0 aromatic heterocycles. The molecule has 0 saturated heterocycles. The molecule has 1 aromatic rings. The first-order chi connectivity index (χ1) is 9.72. The van der Waals surface area contributed by atoms with Crippen LogP contribution in [0.5, 0.6) is 5.75 Å². The fourth-order valence-electron chi connectivity index (χ4n) is 2.33. The van der Waals surface area contributed by atoms with Gasteiger partial charge in [0.1, 0.15) is 5.75 Å². The summed E-state index contributed by atoms with van der Waals surface area (Å²) >= 11 is 12.3. The highest BCUT2D eigenvalue weighted by atomic mass is 35.5. The molecule has 1 aliphatic heterocycles. The van der Waals surface area contributed by atoms with Gasteiger partial charge < -0.3 is 14.8 Å². The van der Waals surface area contributed by atoms with Crippen LogP contribution in [0.25, 0.3) is 0 Å². The van der Waals surface area contributed by atoms with Crippen LogP contribution in [0.2, 0.25) is 10.0 Å². The summed E-state index contributed by atoms with van der Waals surface area (Å²) in [5.74, 6) is 0.766. The summed E-state index contributed by atoms with van der Waals surface area (Å²) in [5.41, 5.74) is 1.06. The zero-order valence-corrected chi connectivity index (χ0v) is 13.3. The van der Waals surface area contributed by atoms with E-state index in [2.05, 4.69) is 12.2 Å². The van der Waals surface area contributed by atoms with Crippen LogP contribution in [0.3, 0.4) is 0 Å². The van der Waals surface area contributed by atoms with E-state index in [0.717, 1.165) is 50.3 Å². The third-order valence-corrected chi connectivity index (χ3v) is 3.77. The Morgan fingerprint density at radius 3 is 3.00 bits per heavy atom. The van der Waals surface area contributed by atoms with Crippen LogP contribution in [-0.2, 0) is 4.74 Å². The third-order valence-electron chi connectivity index (χ3n) is 3.27. The maximum Gasteiger partial charge on any atom is 0.142 e. The molecule has 1 atom stereocenters. The van der Waals surface area contributed by atoms with E-state index >= 15 is 0 Å². The minimum Gasteiger partial charge on any atom is -0.492 e. The molecular formula is C15H21Cl2NO2. The zero-order chi connectivity index (χ0) is 14.4. The van der Waals surface area contributed by atoms with Gasteiger partial charge in [-0.15, -0.1) is 0 Å². The Labute approximate surface area is 130 Å². The number of rotatable bonds is 7. The van der Waals surface area contributed by atoms with Crippen molar-refractivity contribution in [1.29, 1.82) is 0 Å². The average molecular weight is 318 g/mol. The first kappa shape index (κ1) is 15.9.